The highest BCUT2D eigenvalue weighted by molar-refractivity contribution is 5.93. The Balaban J connectivity index is 1.40. The van der Waals surface area contributed by atoms with E-state index >= 15 is 0 Å². The van der Waals surface area contributed by atoms with E-state index in [0.29, 0.717) is 25.3 Å². The summed E-state index contributed by atoms with van der Waals surface area (Å²) in [4.78, 5) is 25.8. The lowest BCUT2D eigenvalue weighted by atomic mass is 10.1. The van der Waals surface area contributed by atoms with Gasteiger partial charge in [0.25, 0.3) is 5.91 Å². The van der Waals surface area contributed by atoms with Crippen molar-refractivity contribution in [2.75, 3.05) is 46.0 Å². The quantitative estimate of drug-likeness (QED) is 0.630. The number of fused-ring (bicyclic) bond motifs is 1. The third kappa shape index (κ3) is 4.04. The van der Waals surface area contributed by atoms with Crippen LogP contribution in [0.25, 0.3) is 5.65 Å². The van der Waals surface area contributed by atoms with Crippen LogP contribution in [0.4, 0.5) is 0 Å². The summed E-state index contributed by atoms with van der Waals surface area (Å²) >= 11 is 0. The Bertz CT molecular complexity index is 1060. The van der Waals surface area contributed by atoms with Gasteiger partial charge < -0.3 is 14.4 Å². The summed E-state index contributed by atoms with van der Waals surface area (Å²) in [6, 6.07) is 5.50. The molecule has 0 radical (unpaired) electrons. The van der Waals surface area contributed by atoms with E-state index in [4.69, 9.17) is 14.6 Å². The zero-order valence-electron chi connectivity index (χ0n) is 17.6. The lowest BCUT2D eigenvalue weighted by molar-refractivity contribution is -0.0257. The average molecular weight is 422 g/mol. The molecule has 0 aromatic carbocycles. The molecular formula is C22H26N6O3. The fourth-order valence-corrected chi connectivity index (χ4v) is 4.21. The van der Waals surface area contributed by atoms with E-state index in [1.54, 1.807) is 30.7 Å². The van der Waals surface area contributed by atoms with Crippen LogP contribution in [0.15, 0.2) is 36.8 Å². The monoisotopic (exact) mass is 422 g/mol. The number of rotatable bonds is 4. The predicted octanol–water partition coefficient (Wildman–Crippen LogP) is 1.48. The van der Waals surface area contributed by atoms with Gasteiger partial charge in [-0.1, -0.05) is 0 Å². The summed E-state index contributed by atoms with van der Waals surface area (Å²) in [6.45, 7) is 7.65. The fourth-order valence-electron chi connectivity index (χ4n) is 4.21. The van der Waals surface area contributed by atoms with E-state index < -0.39 is 0 Å². The molecule has 0 bridgehead atoms. The zero-order chi connectivity index (χ0) is 21.2. The van der Waals surface area contributed by atoms with Crippen molar-refractivity contribution in [1.82, 2.24) is 29.4 Å². The van der Waals surface area contributed by atoms with E-state index in [1.807, 2.05) is 22.4 Å². The SMILES string of the molecule is Cc1nn2c([C@H]3CN(C(=O)c4cccnc4)CCO3)ccnc2c1CN1CCOCC1. The minimum absolute atomic E-state index is 0.0312. The molecule has 2 saturated heterocycles. The maximum atomic E-state index is 12.9. The van der Waals surface area contributed by atoms with Crippen LogP contribution in [0.5, 0.6) is 0 Å². The van der Waals surface area contributed by atoms with Crippen molar-refractivity contribution >= 4 is 11.6 Å². The molecule has 3 aromatic heterocycles. The van der Waals surface area contributed by atoms with Crippen molar-refractivity contribution in [3.8, 4) is 0 Å². The first kappa shape index (κ1) is 20.0. The van der Waals surface area contributed by atoms with E-state index in [1.165, 1.54) is 0 Å². The van der Waals surface area contributed by atoms with Gasteiger partial charge in [-0.05, 0) is 25.1 Å². The van der Waals surface area contributed by atoms with Crippen molar-refractivity contribution in [2.24, 2.45) is 0 Å². The molecule has 1 amide bonds. The zero-order valence-corrected chi connectivity index (χ0v) is 17.6. The van der Waals surface area contributed by atoms with Crippen molar-refractivity contribution in [1.29, 1.82) is 0 Å². The molecule has 2 aliphatic rings. The lowest BCUT2D eigenvalue weighted by Gasteiger charge is -2.33. The summed E-state index contributed by atoms with van der Waals surface area (Å²) in [5.41, 5.74) is 4.44. The number of pyridine rings is 1. The Labute approximate surface area is 180 Å². The number of amides is 1. The number of aryl methyl sites for hydroxylation is 1. The first-order valence-electron chi connectivity index (χ1n) is 10.6. The smallest absolute Gasteiger partial charge is 0.255 e. The Morgan fingerprint density at radius 3 is 2.84 bits per heavy atom. The van der Waals surface area contributed by atoms with Crippen LogP contribution < -0.4 is 0 Å². The molecule has 162 valence electrons. The maximum Gasteiger partial charge on any atom is 0.255 e. The molecule has 0 aliphatic carbocycles. The number of ether oxygens (including phenoxy) is 2. The van der Waals surface area contributed by atoms with Gasteiger partial charge in [-0.15, -0.1) is 0 Å². The average Bonchev–Trinajstić information content (AvgIpc) is 3.15. The Kier molecular flexibility index (Phi) is 5.63. The highest BCUT2D eigenvalue weighted by atomic mass is 16.5. The lowest BCUT2D eigenvalue weighted by Crippen LogP contribution is -2.42. The molecule has 0 spiro atoms. The second-order valence-electron chi connectivity index (χ2n) is 7.91. The Morgan fingerprint density at radius 1 is 1.16 bits per heavy atom. The molecule has 0 N–H and O–H groups in total. The molecular weight excluding hydrogens is 396 g/mol. The van der Waals surface area contributed by atoms with Gasteiger partial charge in [-0.2, -0.15) is 5.10 Å². The largest absolute Gasteiger partial charge is 0.379 e. The van der Waals surface area contributed by atoms with Gasteiger partial charge >= 0.3 is 0 Å². The second kappa shape index (κ2) is 8.70. The van der Waals surface area contributed by atoms with E-state index in [2.05, 4.69) is 14.9 Å². The van der Waals surface area contributed by atoms with Crippen molar-refractivity contribution < 1.29 is 14.3 Å². The van der Waals surface area contributed by atoms with Gasteiger partial charge in [0.05, 0.1) is 43.3 Å². The summed E-state index contributed by atoms with van der Waals surface area (Å²) in [7, 11) is 0. The number of nitrogens with zero attached hydrogens (tertiary/aromatic N) is 6. The van der Waals surface area contributed by atoms with Gasteiger partial charge in [0, 0.05) is 50.3 Å². The highest BCUT2D eigenvalue weighted by Crippen LogP contribution is 2.26. The number of aromatic nitrogens is 4. The molecule has 5 rings (SSSR count). The number of hydrogen-bond donors (Lipinski definition) is 0. The van der Waals surface area contributed by atoms with E-state index in [0.717, 1.165) is 55.4 Å². The van der Waals surface area contributed by atoms with Gasteiger partial charge in [-0.3, -0.25) is 14.7 Å². The first-order chi connectivity index (χ1) is 15.2. The maximum absolute atomic E-state index is 12.9. The molecule has 0 saturated carbocycles. The summed E-state index contributed by atoms with van der Waals surface area (Å²) < 4.78 is 13.4. The van der Waals surface area contributed by atoms with Crippen molar-refractivity contribution in [3.05, 3.63) is 59.3 Å². The van der Waals surface area contributed by atoms with Crippen LogP contribution in [0.2, 0.25) is 0 Å². The van der Waals surface area contributed by atoms with Crippen molar-refractivity contribution in [2.45, 2.75) is 19.6 Å². The van der Waals surface area contributed by atoms with Crippen LogP contribution in [-0.4, -0.2) is 81.3 Å². The van der Waals surface area contributed by atoms with Gasteiger partial charge in [0.15, 0.2) is 5.65 Å². The van der Waals surface area contributed by atoms with Crippen molar-refractivity contribution in [3.63, 3.8) is 0 Å². The Morgan fingerprint density at radius 2 is 2.03 bits per heavy atom. The third-order valence-corrected chi connectivity index (χ3v) is 5.92. The number of morpholine rings is 2. The summed E-state index contributed by atoms with van der Waals surface area (Å²) in [6.07, 6.45) is 4.81. The summed E-state index contributed by atoms with van der Waals surface area (Å²) in [5.74, 6) is -0.0312. The number of hydrogen-bond acceptors (Lipinski definition) is 7. The van der Waals surface area contributed by atoms with E-state index in [9.17, 15) is 4.79 Å². The predicted molar refractivity (Wildman–Crippen MR) is 113 cm³/mol. The number of carbonyl (C=O) groups excluding carboxylic acids is 1. The molecule has 9 nitrogen and oxygen atoms in total. The van der Waals surface area contributed by atoms with Crippen LogP contribution in [0.1, 0.15) is 33.4 Å². The van der Waals surface area contributed by atoms with Gasteiger partial charge in [0.1, 0.15) is 6.10 Å². The minimum Gasteiger partial charge on any atom is -0.379 e. The molecule has 1 atom stereocenters. The molecule has 31 heavy (non-hydrogen) atoms. The van der Waals surface area contributed by atoms with Gasteiger partial charge in [-0.25, -0.2) is 9.50 Å². The van der Waals surface area contributed by atoms with Crippen LogP contribution in [-0.2, 0) is 16.0 Å². The topological polar surface area (TPSA) is 85.1 Å². The van der Waals surface area contributed by atoms with E-state index in [-0.39, 0.29) is 12.0 Å². The Hall–Kier alpha value is -2.88. The van der Waals surface area contributed by atoms with Crippen LogP contribution >= 0.6 is 0 Å². The first-order valence-corrected chi connectivity index (χ1v) is 10.6. The highest BCUT2D eigenvalue weighted by Gasteiger charge is 2.29. The molecule has 3 aromatic rings. The van der Waals surface area contributed by atoms with Gasteiger partial charge in [0.2, 0.25) is 0 Å². The normalized spacial score (nSPS) is 20.3. The minimum atomic E-state index is -0.268. The van der Waals surface area contributed by atoms with Crippen LogP contribution in [0.3, 0.4) is 0 Å². The molecule has 5 heterocycles. The molecule has 2 fully saturated rings. The summed E-state index contributed by atoms with van der Waals surface area (Å²) in [5, 5.41) is 4.78. The third-order valence-electron chi connectivity index (χ3n) is 5.92. The molecule has 2 aliphatic heterocycles. The molecule has 9 heteroatoms. The van der Waals surface area contributed by atoms with Crippen LogP contribution in [0, 0.1) is 6.92 Å². The number of carbonyl (C=O) groups is 1. The second-order valence-corrected chi connectivity index (χ2v) is 7.91. The molecule has 0 unspecified atom stereocenters. The fraction of sp³-hybridized carbons (Fsp3) is 0.455. The standard InChI is InChI=1S/C22H26N6O3/c1-16-18(14-26-7-10-30-11-8-26)21-24-6-4-19(28(21)25-16)20-15-27(9-12-31-20)22(29)17-3-2-5-23-13-17/h2-6,13,20H,7-12,14-15H2,1H3/t20-/m1/s1.